The maximum absolute atomic E-state index is 12.4. The summed E-state index contributed by atoms with van der Waals surface area (Å²) in [6.45, 7) is 8.51. The number of nitro groups is 1. The van der Waals surface area contributed by atoms with E-state index in [1.54, 1.807) is 18.0 Å². The van der Waals surface area contributed by atoms with Crippen LogP contribution in [-0.4, -0.2) is 35.6 Å². The van der Waals surface area contributed by atoms with E-state index in [9.17, 15) is 14.9 Å². The Labute approximate surface area is 147 Å². The van der Waals surface area contributed by atoms with E-state index >= 15 is 0 Å². The van der Waals surface area contributed by atoms with Gasteiger partial charge in [0.15, 0.2) is 6.79 Å². The van der Waals surface area contributed by atoms with Crippen LogP contribution in [-0.2, 0) is 16.1 Å². The minimum Gasteiger partial charge on any atom is -0.467 e. The minimum atomic E-state index is -0.470. The first-order valence-corrected chi connectivity index (χ1v) is 8.08. The fraction of sp³-hybridized carbons (Fsp3) is 0.500. The number of rotatable bonds is 4. The second-order valence-electron chi connectivity index (χ2n) is 7.22. The molecular weight excluding hydrogens is 324 g/mol. The van der Waals surface area contributed by atoms with E-state index in [0.717, 1.165) is 0 Å². The molecule has 1 aliphatic heterocycles. The van der Waals surface area contributed by atoms with E-state index in [2.05, 4.69) is 20.8 Å². The van der Waals surface area contributed by atoms with Gasteiger partial charge in [0, 0.05) is 42.4 Å². The first kappa shape index (κ1) is 18.9. The third-order valence-electron chi connectivity index (χ3n) is 4.52. The molecule has 0 N–H and O–H groups in total. The van der Waals surface area contributed by atoms with Gasteiger partial charge in [-0.15, -0.1) is 0 Å². The van der Waals surface area contributed by atoms with Crippen LogP contribution in [0.5, 0.6) is 5.75 Å². The van der Waals surface area contributed by atoms with Gasteiger partial charge >= 0.3 is 0 Å². The number of carbonyl (C=O) groups is 1. The number of likely N-dealkylation sites (N-methyl/N-ethyl adjacent to an activating group) is 1. The van der Waals surface area contributed by atoms with Crippen molar-refractivity contribution in [1.29, 1.82) is 0 Å². The highest BCUT2D eigenvalue weighted by molar-refractivity contribution is 5.92. The largest absolute Gasteiger partial charge is 0.467 e. The predicted molar refractivity (Wildman–Crippen MR) is 94.1 cm³/mol. The lowest BCUT2D eigenvalue weighted by molar-refractivity contribution is -0.385. The van der Waals surface area contributed by atoms with Gasteiger partial charge in [-0.1, -0.05) is 20.8 Å². The summed E-state index contributed by atoms with van der Waals surface area (Å²) in [6.07, 6.45) is 2.98. The van der Waals surface area contributed by atoms with E-state index in [1.807, 2.05) is 6.92 Å². The molecule has 25 heavy (non-hydrogen) atoms. The van der Waals surface area contributed by atoms with Crippen LogP contribution in [0.1, 0.15) is 38.8 Å². The molecule has 0 spiro atoms. The van der Waals surface area contributed by atoms with E-state index in [1.165, 1.54) is 18.2 Å². The third kappa shape index (κ3) is 4.36. The summed E-state index contributed by atoms with van der Waals surface area (Å²) >= 11 is 0. The Morgan fingerprint density at radius 2 is 2.08 bits per heavy atom. The number of amides is 1. The second kappa shape index (κ2) is 7.23. The van der Waals surface area contributed by atoms with Crippen molar-refractivity contribution in [3.63, 3.8) is 0 Å². The van der Waals surface area contributed by atoms with Crippen LogP contribution < -0.4 is 4.74 Å². The van der Waals surface area contributed by atoms with Crippen molar-refractivity contribution in [3.05, 3.63) is 39.4 Å². The van der Waals surface area contributed by atoms with Crippen molar-refractivity contribution in [2.24, 2.45) is 5.41 Å². The third-order valence-corrected chi connectivity index (χ3v) is 4.52. The predicted octanol–water partition coefficient (Wildman–Crippen LogP) is 3.37. The van der Waals surface area contributed by atoms with Crippen LogP contribution in [0.2, 0.25) is 0 Å². The van der Waals surface area contributed by atoms with Crippen LogP contribution in [0.3, 0.4) is 0 Å². The van der Waals surface area contributed by atoms with Crippen LogP contribution in [0.4, 0.5) is 5.69 Å². The van der Waals surface area contributed by atoms with Crippen molar-refractivity contribution in [1.82, 2.24) is 4.90 Å². The molecule has 1 unspecified atom stereocenters. The van der Waals surface area contributed by atoms with E-state index in [0.29, 0.717) is 16.9 Å². The highest BCUT2D eigenvalue weighted by Gasteiger charge is 2.26. The summed E-state index contributed by atoms with van der Waals surface area (Å²) in [5, 5.41) is 11.1. The molecule has 2 rings (SSSR count). The first-order valence-electron chi connectivity index (χ1n) is 8.08. The van der Waals surface area contributed by atoms with Crippen LogP contribution in [0, 0.1) is 15.5 Å². The second-order valence-corrected chi connectivity index (χ2v) is 7.22. The molecule has 1 atom stereocenters. The van der Waals surface area contributed by atoms with Gasteiger partial charge in [0.1, 0.15) is 5.75 Å². The van der Waals surface area contributed by atoms with Crippen molar-refractivity contribution in [3.8, 4) is 5.75 Å². The van der Waals surface area contributed by atoms with Gasteiger partial charge in [-0.05, 0) is 18.4 Å². The number of nitrogens with zero attached hydrogens (tertiary/aromatic N) is 2. The first-order chi connectivity index (χ1) is 11.6. The number of nitro benzene ring substituents is 1. The molecule has 1 heterocycles. The summed E-state index contributed by atoms with van der Waals surface area (Å²) in [7, 11) is 1.75. The molecule has 1 aromatic carbocycles. The smallest absolute Gasteiger partial charge is 0.270 e. The molecule has 1 aliphatic rings. The fourth-order valence-corrected chi connectivity index (χ4v) is 2.51. The number of hydrogen-bond acceptors (Lipinski definition) is 5. The van der Waals surface area contributed by atoms with Gasteiger partial charge in [-0.25, -0.2) is 0 Å². The quantitative estimate of drug-likeness (QED) is 0.473. The molecule has 0 saturated carbocycles. The summed E-state index contributed by atoms with van der Waals surface area (Å²) in [6, 6.07) is 2.87. The summed E-state index contributed by atoms with van der Waals surface area (Å²) in [4.78, 5) is 24.7. The Bertz CT molecular complexity index is 706. The molecule has 0 aromatic heterocycles. The van der Waals surface area contributed by atoms with E-state index < -0.39 is 4.92 Å². The number of benzene rings is 1. The normalized spacial score (nSPS) is 15.4. The maximum atomic E-state index is 12.4. The average molecular weight is 348 g/mol. The lowest BCUT2D eigenvalue weighted by Gasteiger charge is -2.34. The Hall–Kier alpha value is -2.41. The topological polar surface area (TPSA) is 81.9 Å². The van der Waals surface area contributed by atoms with Gasteiger partial charge in [-0.3, -0.25) is 14.9 Å². The molecule has 1 aromatic rings. The number of non-ortho nitro benzene ring substituents is 1. The van der Waals surface area contributed by atoms with Gasteiger partial charge in [0.2, 0.25) is 5.91 Å². The van der Waals surface area contributed by atoms with Gasteiger partial charge in [0.25, 0.3) is 5.69 Å². The van der Waals surface area contributed by atoms with Crippen molar-refractivity contribution in [2.45, 2.75) is 40.3 Å². The Kier molecular flexibility index (Phi) is 5.47. The molecule has 0 fully saturated rings. The molecular formula is C18H24N2O5. The molecule has 1 amide bonds. The zero-order chi connectivity index (χ0) is 18.8. The Balaban J connectivity index is 2.29. The lowest BCUT2D eigenvalue weighted by Crippen LogP contribution is -2.42. The van der Waals surface area contributed by atoms with E-state index in [-0.39, 0.29) is 36.5 Å². The minimum absolute atomic E-state index is 0.0355. The molecule has 0 aliphatic carbocycles. The highest BCUT2D eigenvalue weighted by atomic mass is 16.7. The Morgan fingerprint density at radius 1 is 1.40 bits per heavy atom. The van der Waals surface area contributed by atoms with Gasteiger partial charge in [-0.2, -0.15) is 0 Å². The fourth-order valence-electron chi connectivity index (χ4n) is 2.51. The van der Waals surface area contributed by atoms with Gasteiger partial charge in [0.05, 0.1) is 11.5 Å². The van der Waals surface area contributed by atoms with Crippen molar-refractivity contribution < 1.29 is 19.2 Å². The summed E-state index contributed by atoms with van der Waals surface area (Å²) in [5.74, 6) is 0.349. The molecule has 0 saturated heterocycles. The SMILES string of the molecule is CC(N(C)C(=O)/C=C/c1cc([N+](=O)[O-])cc2c1OCOC2)C(C)(C)C. The standard InChI is InChI=1S/C18H24N2O5/c1-12(18(2,3)4)19(5)16(21)7-6-13-8-15(20(22)23)9-14-10-24-11-25-17(13)14/h6-9,12H,10-11H2,1-5H3/b7-6+. The van der Waals surface area contributed by atoms with Crippen LogP contribution in [0.15, 0.2) is 18.2 Å². The van der Waals surface area contributed by atoms with Crippen molar-refractivity contribution in [2.75, 3.05) is 13.8 Å². The zero-order valence-electron chi connectivity index (χ0n) is 15.2. The summed E-state index contributed by atoms with van der Waals surface area (Å²) < 4.78 is 10.6. The molecule has 136 valence electrons. The number of ether oxygens (including phenoxy) is 2. The number of hydrogen-bond donors (Lipinski definition) is 0. The van der Waals surface area contributed by atoms with Crippen molar-refractivity contribution >= 4 is 17.7 Å². The number of fused-ring (bicyclic) bond motifs is 1. The van der Waals surface area contributed by atoms with Gasteiger partial charge < -0.3 is 14.4 Å². The Morgan fingerprint density at radius 3 is 2.68 bits per heavy atom. The zero-order valence-corrected chi connectivity index (χ0v) is 15.2. The van der Waals surface area contributed by atoms with E-state index in [4.69, 9.17) is 9.47 Å². The summed E-state index contributed by atoms with van der Waals surface area (Å²) in [5.41, 5.74) is 0.988. The lowest BCUT2D eigenvalue weighted by atomic mass is 9.87. The molecule has 7 nitrogen and oxygen atoms in total. The number of carbonyl (C=O) groups excluding carboxylic acids is 1. The van der Waals surface area contributed by atoms with Crippen LogP contribution in [0.25, 0.3) is 6.08 Å². The molecule has 0 radical (unpaired) electrons. The van der Waals surface area contributed by atoms with Crippen LogP contribution >= 0.6 is 0 Å². The molecule has 0 bridgehead atoms. The molecule has 7 heteroatoms. The maximum Gasteiger partial charge on any atom is 0.270 e. The highest BCUT2D eigenvalue weighted by Crippen LogP contribution is 2.33. The average Bonchev–Trinajstić information content (AvgIpc) is 2.56. The monoisotopic (exact) mass is 348 g/mol.